The van der Waals surface area contributed by atoms with Gasteiger partial charge in [0.05, 0.1) is 0 Å². The maximum Gasteiger partial charge on any atom is 0.274 e. The Bertz CT molecular complexity index is 953. The average Bonchev–Trinajstić information content (AvgIpc) is 3.15. The molecule has 0 radical (unpaired) electrons. The number of rotatable bonds is 5. The van der Waals surface area contributed by atoms with E-state index in [1.54, 1.807) is 0 Å². The predicted octanol–water partition coefficient (Wildman–Crippen LogP) is 3.97. The Morgan fingerprint density at radius 2 is 1.88 bits per heavy atom. The minimum atomic E-state index is -0.0940. The Morgan fingerprint density at radius 3 is 2.54 bits per heavy atom. The molecule has 6 nitrogen and oxygen atoms in total. The van der Waals surface area contributed by atoms with Crippen LogP contribution in [0.1, 0.15) is 35.1 Å². The summed E-state index contributed by atoms with van der Waals surface area (Å²) < 4.78 is 7.31. The molecule has 1 aromatic carbocycles. The summed E-state index contributed by atoms with van der Waals surface area (Å²) in [6, 6.07) is 7.93. The maximum atomic E-state index is 12.6. The standard InChI is InChI=1S/C20H24N4O2/c1-6-17-22-20(26-23-17)19-14(4)9-15(5)24(19)11-18(25)21-16-8-7-12(2)13(3)10-16/h7-10H,6,11H2,1-5H3,(H,21,25). The number of nitrogens with one attached hydrogen (secondary N) is 1. The summed E-state index contributed by atoms with van der Waals surface area (Å²) >= 11 is 0. The van der Waals surface area contributed by atoms with Gasteiger partial charge in [-0.3, -0.25) is 4.79 Å². The number of anilines is 1. The summed E-state index contributed by atoms with van der Waals surface area (Å²) in [6.07, 6.45) is 0.704. The van der Waals surface area contributed by atoms with Crippen molar-refractivity contribution in [3.05, 3.63) is 52.5 Å². The SMILES string of the molecule is CCc1noc(-c2c(C)cc(C)n2CC(=O)Nc2ccc(C)c(C)c2)n1. The summed E-state index contributed by atoms with van der Waals surface area (Å²) in [6.45, 7) is 10.2. The molecule has 136 valence electrons. The van der Waals surface area contributed by atoms with Gasteiger partial charge in [0.1, 0.15) is 12.2 Å². The highest BCUT2D eigenvalue weighted by Crippen LogP contribution is 2.26. The Morgan fingerprint density at radius 1 is 1.12 bits per heavy atom. The smallest absolute Gasteiger partial charge is 0.274 e. The Balaban J connectivity index is 1.85. The lowest BCUT2D eigenvalue weighted by atomic mass is 10.1. The first-order chi connectivity index (χ1) is 12.4. The molecule has 0 bridgehead atoms. The van der Waals surface area contributed by atoms with Gasteiger partial charge in [-0.15, -0.1) is 0 Å². The fourth-order valence-corrected chi connectivity index (χ4v) is 2.99. The van der Waals surface area contributed by atoms with Gasteiger partial charge in [0.25, 0.3) is 5.89 Å². The number of amides is 1. The quantitative estimate of drug-likeness (QED) is 0.754. The van der Waals surface area contributed by atoms with Crippen LogP contribution in [0.5, 0.6) is 0 Å². The average molecular weight is 352 g/mol. The molecule has 0 aliphatic heterocycles. The van der Waals surface area contributed by atoms with Crippen LogP contribution in [-0.4, -0.2) is 20.6 Å². The van der Waals surface area contributed by atoms with Gasteiger partial charge >= 0.3 is 0 Å². The summed E-state index contributed by atoms with van der Waals surface area (Å²) in [5, 5.41) is 6.93. The highest BCUT2D eigenvalue weighted by molar-refractivity contribution is 5.91. The summed E-state index contributed by atoms with van der Waals surface area (Å²) in [7, 11) is 0. The molecule has 0 aliphatic rings. The molecule has 2 aromatic heterocycles. The molecule has 0 atom stereocenters. The monoisotopic (exact) mass is 352 g/mol. The van der Waals surface area contributed by atoms with Gasteiger partial charge in [0.15, 0.2) is 5.82 Å². The van der Waals surface area contributed by atoms with E-state index in [-0.39, 0.29) is 12.5 Å². The lowest BCUT2D eigenvalue weighted by Gasteiger charge is -2.11. The van der Waals surface area contributed by atoms with Crippen LogP contribution in [0, 0.1) is 27.7 Å². The fourth-order valence-electron chi connectivity index (χ4n) is 2.99. The van der Waals surface area contributed by atoms with Crippen molar-refractivity contribution in [2.45, 2.75) is 47.6 Å². The molecule has 0 unspecified atom stereocenters. The molecule has 3 rings (SSSR count). The lowest BCUT2D eigenvalue weighted by molar-refractivity contribution is -0.116. The fraction of sp³-hybridized carbons (Fsp3) is 0.350. The van der Waals surface area contributed by atoms with E-state index in [0.29, 0.717) is 18.1 Å². The highest BCUT2D eigenvalue weighted by atomic mass is 16.5. The normalized spacial score (nSPS) is 11.0. The molecule has 1 amide bonds. The molecule has 6 heteroatoms. The minimum absolute atomic E-state index is 0.0940. The summed E-state index contributed by atoms with van der Waals surface area (Å²) in [5.41, 5.74) is 5.92. The molecule has 1 N–H and O–H groups in total. The van der Waals surface area contributed by atoms with Crippen LogP contribution in [0.25, 0.3) is 11.6 Å². The number of aryl methyl sites for hydroxylation is 5. The molecule has 0 fully saturated rings. The zero-order valence-electron chi connectivity index (χ0n) is 15.9. The lowest BCUT2D eigenvalue weighted by Crippen LogP contribution is -2.20. The predicted molar refractivity (Wildman–Crippen MR) is 101 cm³/mol. The molecular weight excluding hydrogens is 328 g/mol. The van der Waals surface area contributed by atoms with Gasteiger partial charge in [-0.1, -0.05) is 18.1 Å². The number of nitrogens with zero attached hydrogens (tertiary/aromatic N) is 3. The van der Waals surface area contributed by atoms with E-state index >= 15 is 0 Å². The van der Waals surface area contributed by atoms with Gasteiger partial charge in [-0.2, -0.15) is 4.98 Å². The molecular formula is C20H24N4O2. The second kappa shape index (κ2) is 7.15. The van der Waals surface area contributed by atoms with Crippen LogP contribution in [-0.2, 0) is 17.8 Å². The largest absolute Gasteiger partial charge is 0.332 e. The van der Waals surface area contributed by atoms with E-state index in [1.807, 2.05) is 63.5 Å². The molecule has 0 spiro atoms. The minimum Gasteiger partial charge on any atom is -0.332 e. The zero-order chi connectivity index (χ0) is 18.8. The van der Waals surface area contributed by atoms with Crippen LogP contribution in [0.3, 0.4) is 0 Å². The molecule has 26 heavy (non-hydrogen) atoms. The molecule has 0 saturated heterocycles. The van der Waals surface area contributed by atoms with E-state index in [1.165, 1.54) is 5.56 Å². The third-order valence-electron chi connectivity index (χ3n) is 4.57. The summed E-state index contributed by atoms with van der Waals surface area (Å²) in [5.74, 6) is 1.01. The van der Waals surface area contributed by atoms with Crippen molar-refractivity contribution in [2.24, 2.45) is 0 Å². The van der Waals surface area contributed by atoms with Crippen molar-refractivity contribution in [1.29, 1.82) is 0 Å². The topological polar surface area (TPSA) is 73.0 Å². The number of hydrogen-bond donors (Lipinski definition) is 1. The van der Waals surface area contributed by atoms with Crippen molar-refractivity contribution in [3.8, 4) is 11.6 Å². The van der Waals surface area contributed by atoms with E-state index in [4.69, 9.17) is 4.52 Å². The zero-order valence-corrected chi connectivity index (χ0v) is 15.9. The maximum absolute atomic E-state index is 12.6. The van der Waals surface area contributed by atoms with Crippen LogP contribution in [0.4, 0.5) is 5.69 Å². The molecule has 2 heterocycles. The summed E-state index contributed by atoms with van der Waals surface area (Å²) in [4.78, 5) is 17.0. The third kappa shape index (κ3) is 3.54. The Kier molecular flexibility index (Phi) is 4.93. The van der Waals surface area contributed by atoms with Gasteiger partial charge in [-0.25, -0.2) is 0 Å². The first-order valence-corrected chi connectivity index (χ1v) is 8.75. The molecule has 0 aliphatic carbocycles. The molecule has 0 saturated carbocycles. The highest BCUT2D eigenvalue weighted by Gasteiger charge is 2.19. The van der Waals surface area contributed by atoms with Crippen LogP contribution in [0.15, 0.2) is 28.8 Å². The van der Waals surface area contributed by atoms with Crippen molar-refractivity contribution in [3.63, 3.8) is 0 Å². The first-order valence-electron chi connectivity index (χ1n) is 8.75. The number of hydrogen-bond acceptors (Lipinski definition) is 4. The van der Waals surface area contributed by atoms with Gasteiger partial charge in [0.2, 0.25) is 5.91 Å². The van der Waals surface area contributed by atoms with Gasteiger partial charge < -0.3 is 14.4 Å². The van der Waals surface area contributed by atoms with E-state index < -0.39 is 0 Å². The van der Waals surface area contributed by atoms with E-state index in [2.05, 4.69) is 15.5 Å². The Hall–Kier alpha value is -2.89. The second-order valence-corrected chi connectivity index (χ2v) is 6.62. The van der Waals surface area contributed by atoms with Crippen molar-refractivity contribution >= 4 is 11.6 Å². The molecule has 3 aromatic rings. The number of carbonyl (C=O) groups excluding carboxylic acids is 1. The van der Waals surface area contributed by atoms with Crippen molar-refractivity contribution < 1.29 is 9.32 Å². The number of benzene rings is 1. The van der Waals surface area contributed by atoms with E-state index in [0.717, 1.165) is 28.2 Å². The number of aromatic nitrogens is 3. The second-order valence-electron chi connectivity index (χ2n) is 6.62. The van der Waals surface area contributed by atoms with Gasteiger partial charge in [-0.05, 0) is 62.6 Å². The number of carbonyl (C=O) groups is 1. The van der Waals surface area contributed by atoms with E-state index in [9.17, 15) is 4.79 Å². The van der Waals surface area contributed by atoms with Crippen LogP contribution >= 0.6 is 0 Å². The Labute approximate surface area is 153 Å². The van der Waals surface area contributed by atoms with Crippen LogP contribution in [0.2, 0.25) is 0 Å². The first kappa shape index (κ1) is 17.9. The third-order valence-corrected chi connectivity index (χ3v) is 4.57. The van der Waals surface area contributed by atoms with Crippen molar-refractivity contribution in [1.82, 2.24) is 14.7 Å². The van der Waals surface area contributed by atoms with Crippen molar-refractivity contribution in [2.75, 3.05) is 5.32 Å². The van der Waals surface area contributed by atoms with Crippen LogP contribution < -0.4 is 5.32 Å². The van der Waals surface area contributed by atoms with Gasteiger partial charge in [0, 0.05) is 17.8 Å².